The number of hydrogen-bond acceptors (Lipinski definition) is 2. The quantitative estimate of drug-likeness (QED) is 0.664. The first kappa shape index (κ1) is 8.70. The van der Waals surface area contributed by atoms with Crippen LogP contribution in [0.15, 0.2) is 12.3 Å². The molecule has 70 valence electrons. The molecule has 0 unspecified atom stereocenters. The average molecular weight is 177 g/mol. The molecule has 1 N–H and O–H groups in total. The molecule has 1 aliphatic carbocycles. The first-order chi connectivity index (χ1) is 6.40. The monoisotopic (exact) mass is 177 g/mol. The van der Waals surface area contributed by atoms with E-state index in [9.17, 15) is 0 Å². The summed E-state index contributed by atoms with van der Waals surface area (Å²) in [6.45, 7) is 0.111. The summed E-state index contributed by atoms with van der Waals surface area (Å²) in [5.41, 5.74) is 3.54. The molecule has 1 aliphatic rings. The minimum atomic E-state index is 0.111. The predicted octanol–water partition coefficient (Wildman–Crippen LogP) is 1.84. The van der Waals surface area contributed by atoms with Crippen LogP contribution in [0.25, 0.3) is 0 Å². The van der Waals surface area contributed by atoms with Gasteiger partial charge in [0.1, 0.15) is 0 Å². The lowest BCUT2D eigenvalue weighted by molar-refractivity contribution is 0.281. The van der Waals surface area contributed by atoms with Crippen LogP contribution in [-0.2, 0) is 19.4 Å². The normalized spacial score (nSPS) is 16.4. The predicted molar refractivity (Wildman–Crippen MR) is 51.4 cm³/mol. The number of fused-ring (bicyclic) bond motifs is 1. The second-order valence-corrected chi connectivity index (χ2v) is 3.67. The largest absolute Gasteiger partial charge is 0.392 e. The molecular weight excluding hydrogens is 162 g/mol. The Bertz CT molecular complexity index is 296. The van der Waals surface area contributed by atoms with Gasteiger partial charge in [0.25, 0.3) is 0 Å². The van der Waals surface area contributed by atoms with E-state index in [2.05, 4.69) is 11.1 Å². The topological polar surface area (TPSA) is 33.1 Å². The summed E-state index contributed by atoms with van der Waals surface area (Å²) in [4.78, 5) is 4.39. The zero-order valence-corrected chi connectivity index (χ0v) is 7.79. The molecule has 0 spiro atoms. The van der Waals surface area contributed by atoms with Crippen LogP contribution in [-0.4, -0.2) is 10.1 Å². The number of aliphatic hydroxyl groups excluding tert-OH is 1. The third kappa shape index (κ3) is 1.89. The Hall–Kier alpha value is -0.890. The second kappa shape index (κ2) is 3.88. The highest BCUT2D eigenvalue weighted by molar-refractivity contribution is 5.26. The van der Waals surface area contributed by atoms with Gasteiger partial charge in [-0.05, 0) is 36.8 Å². The molecule has 0 radical (unpaired) electrons. The van der Waals surface area contributed by atoms with E-state index >= 15 is 0 Å². The molecule has 1 aromatic rings. The van der Waals surface area contributed by atoms with Crippen LogP contribution in [0.3, 0.4) is 0 Å². The van der Waals surface area contributed by atoms with E-state index in [-0.39, 0.29) is 6.61 Å². The molecule has 2 heteroatoms. The van der Waals surface area contributed by atoms with Crippen molar-refractivity contribution < 1.29 is 5.11 Å². The van der Waals surface area contributed by atoms with Gasteiger partial charge in [-0.1, -0.05) is 12.5 Å². The van der Waals surface area contributed by atoms with Crippen LogP contribution < -0.4 is 0 Å². The number of rotatable bonds is 1. The van der Waals surface area contributed by atoms with Gasteiger partial charge in [0.05, 0.1) is 6.61 Å². The van der Waals surface area contributed by atoms with Crippen molar-refractivity contribution in [3.63, 3.8) is 0 Å². The third-order valence-corrected chi connectivity index (χ3v) is 2.66. The summed E-state index contributed by atoms with van der Waals surface area (Å²) in [6, 6.07) is 2.10. The fourth-order valence-electron chi connectivity index (χ4n) is 1.90. The standard InChI is InChI=1S/C11H15NO/c13-8-9-6-10-4-2-1-3-5-11(10)12-7-9/h6-7,13H,1-5,8H2. The number of hydrogen-bond donors (Lipinski definition) is 1. The van der Waals surface area contributed by atoms with Crippen LogP contribution in [0.5, 0.6) is 0 Å². The maximum atomic E-state index is 8.97. The molecule has 0 saturated heterocycles. The molecule has 0 bridgehead atoms. The number of aliphatic hydroxyl groups is 1. The van der Waals surface area contributed by atoms with Gasteiger partial charge in [-0.15, -0.1) is 0 Å². The Kier molecular flexibility index (Phi) is 2.60. The van der Waals surface area contributed by atoms with Gasteiger partial charge < -0.3 is 5.11 Å². The van der Waals surface area contributed by atoms with E-state index in [0.717, 1.165) is 18.4 Å². The SMILES string of the molecule is OCc1cnc2c(c1)CCCCC2. The van der Waals surface area contributed by atoms with E-state index in [4.69, 9.17) is 5.11 Å². The molecule has 13 heavy (non-hydrogen) atoms. The molecule has 2 rings (SSSR count). The zero-order valence-electron chi connectivity index (χ0n) is 7.79. The Labute approximate surface area is 78.6 Å². The summed E-state index contributed by atoms with van der Waals surface area (Å²) in [5, 5.41) is 8.97. The average Bonchev–Trinajstić information content (AvgIpc) is 2.41. The fourth-order valence-corrected chi connectivity index (χ4v) is 1.90. The van der Waals surface area contributed by atoms with Crippen molar-refractivity contribution in [3.8, 4) is 0 Å². The van der Waals surface area contributed by atoms with Gasteiger partial charge in [-0.3, -0.25) is 4.98 Å². The summed E-state index contributed by atoms with van der Waals surface area (Å²) in [5.74, 6) is 0. The Morgan fingerprint density at radius 1 is 1.23 bits per heavy atom. The van der Waals surface area contributed by atoms with Gasteiger partial charge in [0.15, 0.2) is 0 Å². The highest BCUT2D eigenvalue weighted by Crippen LogP contribution is 2.19. The van der Waals surface area contributed by atoms with Gasteiger partial charge in [-0.25, -0.2) is 0 Å². The second-order valence-electron chi connectivity index (χ2n) is 3.67. The molecular formula is C11H15NO. The molecule has 0 saturated carbocycles. The molecule has 0 aromatic carbocycles. The Morgan fingerprint density at radius 3 is 2.92 bits per heavy atom. The van der Waals surface area contributed by atoms with Crippen LogP contribution in [0, 0.1) is 0 Å². The summed E-state index contributed by atoms with van der Waals surface area (Å²) in [6.07, 6.45) is 7.88. The maximum absolute atomic E-state index is 8.97. The lowest BCUT2D eigenvalue weighted by atomic mass is 10.1. The minimum Gasteiger partial charge on any atom is -0.392 e. The number of aromatic nitrogens is 1. The van der Waals surface area contributed by atoms with Crippen LogP contribution in [0.2, 0.25) is 0 Å². The summed E-state index contributed by atoms with van der Waals surface area (Å²) >= 11 is 0. The van der Waals surface area contributed by atoms with Crippen molar-refractivity contribution in [2.45, 2.75) is 38.7 Å². The van der Waals surface area contributed by atoms with E-state index in [0.29, 0.717) is 0 Å². The molecule has 0 aliphatic heterocycles. The van der Waals surface area contributed by atoms with Gasteiger partial charge >= 0.3 is 0 Å². The van der Waals surface area contributed by atoms with E-state index in [1.165, 1.54) is 30.5 Å². The van der Waals surface area contributed by atoms with Crippen molar-refractivity contribution in [1.82, 2.24) is 4.98 Å². The fraction of sp³-hybridized carbons (Fsp3) is 0.545. The maximum Gasteiger partial charge on any atom is 0.0696 e. The number of pyridine rings is 1. The smallest absolute Gasteiger partial charge is 0.0696 e. The summed E-state index contributed by atoms with van der Waals surface area (Å²) in [7, 11) is 0. The first-order valence-electron chi connectivity index (χ1n) is 4.97. The lowest BCUT2D eigenvalue weighted by Crippen LogP contribution is -1.97. The van der Waals surface area contributed by atoms with Crippen molar-refractivity contribution in [1.29, 1.82) is 0 Å². The van der Waals surface area contributed by atoms with Gasteiger partial charge in [0.2, 0.25) is 0 Å². The van der Waals surface area contributed by atoms with Crippen LogP contribution >= 0.6 is 0 Å². The highest BCUT2D eigenvalue weighted by atomic mass is 16.3. The van der Waals surface area contributed by atoms with Gasteiger partial charge in [0, 0.05) is 11.9 Å². The Balaban J connectivity index is 2.32. The number of aryl methyl sites for hydroxylation is 2. The van der Waals surface area contributed by atoms with Crippen LogP contribution in [0.1, 0.15) is 36.1 Å². The molecule has 0 atom stereocenters. The lowest BCUT2D eigenvalue weighted by Gasteiger charge is -2.05. The highest BCUT2D eigenvalue weighted by Gasteiger charge is 2.08. The minimum absolute atomic E-state index is 0.111. The molecule has 2 nitrogen and oxygen atoms in total. The third-order valence-electron chi connectivity index (χ3n) is 2.66. The van der Waals surface area contributed by atoms with Crippen LogP contribution in [0.4, 0.5) is 0 Å². The zero-order chi connectivity index (χ0) is 9.10. The van der Waals surface area contributed by atoms with E-state index in [1.54, 1.807) is 6.20 Å². The van der Waals surface area contributed by atoms with E-state index < -0.39 is 0 Å². The first-order valence-corrected chi connectivity index (χ1v) is 4.97. The van der Waals surface area contributed by atoms with Crippen molar-refractivity contribution in [2.75, 3.05) is 0 Å². The molecule has 1 heterocycles. The van der Waals surface area contributed by atoms with Crippen molar-refractivity contribution in [2.24, 2.45) is 0 Å². The number of nitrogens with zero attached hydrogens (tertiary/aromatic N) is 1. The molecule has 1 aromatic heterocycles. The van der Waals surface area contributed by atoms with Crippen molar-refractivity contribution in [3.05, 3.63) is 29.1 Å². The van der Waals surface area contributed by atoms with E-state index in [1.807, 2.05) is 0 Å². The molecule has 0 fully saturated rings. The van der Waals surface area contributed by atoms with Gasteiger partial charge in [-0.2, -0.15) is 0 Å². The molecule has 0 amide bonds. The Morgan fingerprint density at radius 2 is 2.08 bits per heavy atom. The summed E-state index contributed by atoms with van der Waals surface area (Å²) < 4.78 is 0. The van der Waals surface area contributed by atoms with Crippen molar-refractivity contribution >= 4 is 0 Å².